The Morgan fingerprint density at radius 3 is 2.16 bits per heavy atom. The summed E-state index contributed by atoms with van der Waals surface area (Å²) < 4.78 is 0. The smallest absolute Gasteiger partial charge is 0.0279 e. The maximum atomic E-state index is 3.23. The van der Waals surface area contributed by atoms with E-state index in [1.807, 2.05) is 0 Å². The van der Waals surface area contributed by atoms with Gasteiger partial charge in [-0.25, -0.2) is 6.08 Å². The van der Waals surface area contributed by atoms with Crippen molar-refractivity contribution < 1.29 is 48.1 Å². The van der Waals surface area contributed by atoms with Crippen LogP contribution in [0.3, 0.4) is 0 Å². The third kappa shape index (κ3) is 9.70. The molecule has 1 aliphatic carbocycles. The first-order valence-corrected chi connectivity index (χ1v) is 16.7. The van der Waals surface area contributed by atoms with Crippen molar-refractivity contribution in [2.75, 3.05) is 0 Å². The molecule has 0 atom stereocenters. The molecule has 0 fully saturated rings. The summed E-state index contributed by atoms with van der Waals surface area (Å²) in [6, 6.07) is 21.6. The molecule has 0 saturated carbocycles. The summed E-state index contributed by atoms with van der Waals surface area (Å²) in [5, 5.41) is 2.69. The summed E-state index contributed by atoms with van der Waals surface area (Å²) in [5.74, 6) is 0. The molecular weight excluding hydrogens is 515 g/mol. The molecule has 0 bridgehead atoms. The summed E-state index contributed by atoms with van der Waals surface area (Å²) >= 11 is 1.74. The minimum Gasteiger partial charge on any atom is -1.00 e. The Morgan fingerprint density at radius 2 is 1.61 bits per heavy atom. The Hall–Kier alpha value is -0.790. The maximum absolute atomic E-state index is 3.23. The average molecular weight is 547 g/mol. The first-order valence-electron chi connectivity index (χ1n) is 10.5. The van der Waals surface area contributed by atoms with Gasteiger partial charge in [0.2, 0.25) is 0 Å². The quantitative estimate of drug-likeness (QED) is 0.349. The van der Waals surface area contributed by atoms with Gasteiger partial charge in [-0.1, -0.05) is 75.6 Å². The zero-order chi connectivity index (χ0) is 21.2. The van der Waals surface area contributed by atoms with Crippen molar-refractivity contribution in [2.45, 2.75) is 53.1 Å². The number of fused-ring (bicyclic) bond motifs is 1. The fraction of sp³-hybridized carbons (Fsp3) is 0.296. The largest absolute Gasteiger partial charge is 1.00 e. The fourth-order valence-corrected chi connectivity index (χ4v) is 3.47. The van der Waals surface area contributed by atoms with Crippen molar-refractivity contribution in [3.8, 4) is 11.1 Å². The van der Waals surface area contributed by atoms with E-state index in [-0.39, 0.29) is 30.2 Å². The van der Waals surface area contributed by atoms with Crippen LogP contribution in [0.15, 0.2) is 77.9 Å². The van der Waals surface area contributed by atoms with Gasteiger partial charge in [-0.3, -0.25) is 6.08 Å². The van der Waals surface area contributed by atoms with Crippen molar-refractivity contribution in [2.24, 2.45) is 0 Å². The topological polar surface area (TPSA) is 0 Å². The van der Waals surface area contributed by atoms with E-state index < -0.39 is 0 Å². The predicted molar refractivity (Wildman–Crippen MR) is 127 cm³/mol. The molecule has 31 heavy (non-hydrogen) atoms. The van der Waals surface area contributed by atoms with Gasteiger partial charge in [-0.15, -0.1) is 41.0 Å². The predicted octanol–water partition coefficient (Wildman–Crippen LogP) is 2.19. The van der Waals surface area contributed by atoms with Crippen LogP contribution in [0.2, 0.25) is 13.1 Å². The van der Waals surface area contributed by atoms with Gasteiger partial charge in [0.1, 0.15) is 0 Å². The van der Waals surface area contributed by atoms with E-state index in [1.165, 1.54) is 45.9 Å². The van der Waals surface area contributed by atoms with Gasteiger partial charge in [-0.05, 0) is 5.56 Å². The van der Waals surface area contributed by atoms with Crippen molar-refractivity contribution in [3.05, 3.63) is 89.5 Å². The standard InChI is InChI=1S/C16H13.C9H13.C2H6Si.2ClH.Zr/c1-12-10-14-8-5-9-15(16(14)11-12)13-6-3-2-4-7-13;1-3-8-6-5-7-9(8)4-2;1-3-2;;;/h2-11H,1H3;6H,3-4,7H2,1-2H3;1-2H3;2*1H;/q2*-1;;;;+2/p-2. The molecule has 4 heteroatoms. The van der Waals surface area contributed by atoms with Gasteiger partial charge in [0.25, 0.3) is 0 Å². The zero-order valence-electron chi connectivity index (χ0n) is 19.2. The molecule has 0 heterocycles. The SMILES string of the molecule is CCC1=C(CC)C[C-]=C1.C[Si](C)=[Zr+2].Cc1cc2c(-c3ccccc3)cccc2[cH-]1.[Cl-].[Cl-]. The molecule has 0 N–H and O–H groups in total. The van der Waals surface area contributed by atoms with E-state index in [0.717, 1.165) is 6.42 Å². The Morgan fingerprint density at radius 1 is 0.968 bits per heavy atom. The van der Waals surface area contributed by atoms with Crippen LogP contribution in [-0.2, 0) is 23.3 Å². The molecule has 1 aliphatic rings. The number of allylic oxidation sites excluding steroid dienone is 4. The summed E-state index contributed by atoms with van der Waals surface area (Å²) in [5.41, 5.74) is 7.25. The number of hydrogen-bond donors (Lipinski definition) is 0. The maximum Gasteiger partial charge on any atom is -0.0279 e. The van der Waals surface area contributed by atoms with Crippen LogP contribution in [0.1, 0.15) is 38.7 Å². The second-order valence-electron chi connectivity index (χ2n) is 7.57. The van der Waals surface area contributed by atoms with Crippen LogP contribution in [0.25, 0.3) is 21.9 Å². The molecule has 0 saturated heterocycles. The normalized spacial score (nSPS) is 11.6. The number of hydrogen-bond acceptors (Lipinski definition) is 0. The van der Waals surface area contributed by atoms with Crippen LogP contribution in [-0.4, -0.2) is 5.43 Å². The van der Waals surface area contributed by atoms with E-state index in [4.69, 9.17) is 0 Å². The number of halogens is 2. The zero-order valence-corrected chi connectivity index (χ0v) is 24.2. The molecule has 0 aromatic heterocycles. The molecule has 0 nitrogen and oxygen atoms in total. The second-order valence-corrected chi connectivity index (χ2v) is 16.9. The van der Waals surface area contributed by atoms with E-state index in [9.17, 15) is 0 Å². The van der Waals surface area contributed by atoms with Gasteiger partial charge >= 0.3 is 41.9 Å². The molecular formula is C27H32Cl2SiZr-2. The van der Waals surface area contributed by atoms with Crippen LogP contribution >= 0.6 is 0 Å². The molecule has 0 radical (unpaired) electrons. The first-order chi connectivity index (χ1) is 14.0. The van der Waals surface area contributed by atoms with Crippen LogP contribution in [0.4, 0.5) is 0 Å². The second kappa shape index (κ2) is 15.9. The monoisotopic (exact) mass is 544 g/mol. The van der Waals surface area contributed by atoms with Gasteiger partial charge in [0.15, 0.2) is 0 Å². The summed E-state index contributed by atoms with van der Waals surface area (Å²) in [6.07, 6.45) is 8.82. The van der Waals surface area contributed by atoms with Crippen molar-refractivity contribution >= 4 is 16.2 Å². The van der Waals surface area contributed by atoms with E-state index in [0.29, 0.717) is 0 Å². The van der Waals surface area contributed by atoms with Crippen molar-refractivity contribution in [1.82, 2.24) is 0 Å². The Kier molecular flexibility index (Phi) is 15.5. The molecule has 164 valence electrons. The first kappa shape index (κ1) is 30.2. The van der Waals surface area contributed by atoms with Crippen LogP contribution in [0.5, 0.6) is 0 Å². The molecule has 0 amide bonds. The molecule has 0 unspecified atom stereocenters. The van der Waals surface area contributed by atoms with Crippen molar-refractivity contribution in [1.29, 1.82) is 0 Å². The summed E-state index contributed by atoms with van der Waals surface area (Å²) in [4.78, 5) is 0. The Labute approximate surface area is 216 Å². The minimum absolute atomic E-state index is 0. The third-order valence-corrected chi connectivity index (χ3v) is 4.83. The molecule has 0 aliphatic heterocycles. The van der Waals surface area contributed by atoms with Gasteiger partial charge in [-0.2, -0.15) is 17.2 Å². The Bertz CT molecular complexity index is 997. The molecule has 3 aromatic carbocycles. The summed E-state index contributed by atoms with van der Waals surface area (Å²) in [7, 11) is 0. The van der Waals surface area contributed by atoms with Gasteiger partial charge in [0, 0.05) is 0 Å². The van der Waals surface area contributed by atoms with Gasteiger partial charge < -0.3 is 24.8 Å². The molecule has 4 rings (SSSR count). The number of benzene rings is 2. The van der Waals surface area contributed by atoms with E-state index in [2.05, 4.69) is 107 Å². The molecule has 3 aromatic rings. The minimum atomic E-state index is 0. The summed E-state index contributed by atoms with van der Waals surface area (Å²) in [6.45, 7) is 11.2. The number of rotatable bonds is 3. The van der Waals surface area contributed by atoms with E-state index in [1.54, 1.807) is 28.9 Å². The Balaban J connectivity index is 0.000000516. The van der Waals surface area contributed by atoms with Crippen LogP contribution < -0.4 is 24.8 Å². The third-order valence-electron chi connectivity index (χ3n) is 4.83. The fourth-order valence-electron chi connectivity index (χ4n) is 3.47. The van der Waals surface area contributed by atoms with E-state index >= 15 is 0 Å². The van der Waals surface area contributed by atoms with Crippen LogP contribution in [0, 0.1) is 13.0 Å². The van der Waals surface area contributed by atoms with Gasteiger partial charge in [0.05, 0.1) is 0 Å². The number of aryl methyl sites for hydroxylation is 1. The average Bonchev–Trinajstić information content (AvgIpc) is 3.33. The van der Waals surface area contributed by atoms with Crippen molar-refractivity contribution in [3.63, 3.8) is 0 Å². The molecule has 0 spiro atoms.